The van der Waals surface area contributed by atoms with Gasteiger partial charge in [0.2, 0.25) is 0 Å². The number of methoxy groups -OCH3 is 1. The lowest BCUT2D eigenvalue weighted by atomic mass is 9.78. The minimum atomic E-state index is -0.244. The second-order valence-electron chi connectivity index (χ2n) is 6.21. The lowest BCUT2D eigenvalue weighted by molar-refractivity contribution is 0.0200. The van der Waals surface area contributed by atoms with E-state index in [2.05, 4.69) is 5.32 Å². The summed E-state index contributed by atoms with van der Waals surface area (Å²) in [4.78, 5) is 14.2. The Morgan fingerprint density at radius 2 is 2.17 bits per heavy atom. The standard InChI is InChI=1S/C17H25ClN2O3/c1-23-10-8-17(13-21)7-2-9-20(12-17)16(22)19-11-14-3-5-15(18)6-4-14/h3-6,21H,2,7-13H2,1H3,(H,19,22)/t17-/m1/s1. The average Bonchev–Trinajstić information content (AvgIpc) is 2.59. The van der Waals surface area contributed by atoms with Gasteiger partial charge in [-0.15, -0.1) is 0 Å². The second-order valence-corrected chi connectivity index (χ2v) is 6.65. The van der Waals surface area contributed by atoms with Crippen LogP contribution in [0.3, 0.4) is 0 Å². The highest BCUT2D eigenvalue weighted by molar-refractivity contribution is 6.30. The minimum absolute atomic E-state index is 0.0807. The molecule has 2 N–H and O–H groups in total. The van der Waals surface area contributed by atoms with Crippen molar-refractivity contribution in [1.82, 2.24) is 10.2 Å². The fourth-order valence-corrected chi connectivity index (χ4v) is 3.13. The van der Waals surface area contributed by atoms with Crippen molar-refractivity contribution in [3.05, 3.63) is 34.9 Å². The van der Waals surface area contributed by atoms with Gasteiger partial charge in [-0.1, -0.05) is 23.7 Å². The van der Waals surface area contributed by atoms with Crippen LogP contribution in [-0.2, 0) is 11.3 Å². The van der Waals surface area contributed by atoms with Gasteiger partial charge < -0.3 is 20.1 Å². The lowest BCUT2D eigenvalue weighted by Crippen LogP contribution is -2.51. The lowest BCUT2D eigenvalue weighted by Gasteiger charge is -2.41. The molecule has 6 heteroatoms. The van der Waals surface area contributed by atoms with Crippen LogP contribution in [0.15, 0.2) is 24.3 Å². The number of amides is 2. The zero-order valence-electron chi connectivity index (χ0n) is 13.6. The van der Waals surface area contributed by atoms with Gasteiger partial charge in [0.1, 0.15) is 0 Å². The first-order chi connectivity index (χ1) is 11.1. The van der Waals surface area contributed by atoms with Crippen molar-refractivity contribution in [3.8, 4) is 0 Å². The summed E-state index contributed by atoms with van der Waals surface area (Å²) in [6, 6.07) is 7.33. The second kappa shape index (κ2) is 8.52. The maximum Gasteiger partial charge on any atom is 0.317 e. The van der Waals surface area contributed by atoms with E-state index in [4.69, 9.17) is 16.3 Å². The van der Waals surface area contributed by atoms with Crippen LogP contribution < -0.4 is 5.32 Å². The molecule has 5 nitrogen and oxygen atoms in total. The molecule has 1 heterocycles. The van der Waals surface area contributed by atoms with Crippen LogP contribution >= 0.6 is 11.6 Å². The van der Waals surface area contributed by atoms with Crippen LogP contribution in [0.5, 0.6) is 0 Å². The molecule has 1 aromatic carbocycles. The number of nitrogens with zero attached hydrogens (tertiary/aromatic N) is 1. The van der Waals surface area contributed by atoms with Gasteiger partial charge in [0.25, 0.3) is 0 Å². The van der Waals surface area contributed by atoms with Crippen molar-refractivity contribution in [2.75, 3.05) is 33.4 Å². The molecule has 1 atom stereocenters. The molecule has 1 aliphatic rings. The molecule has 128 valence electrons. The molecule has 0 bridgehead atoms. The van der Waals surface area contributed by atoms with E-state index in [1.165, 1.54) is 0 Å². The Morgan fingerprint density at radius 1 is 1.43 bits per heavy atom. The largest absolute Gasteiger partial charge is 0.396 e. The Hall–Kier alpha value is -1.30. The molecule has 0 saturated carbocycles. The SMILES string of the molecule is COCC[C@]1(CO)CCCN(C(=O)NCc2ccc(Cl)cc2)C1. The van der Waals surface area contributed by atoms with Crippen LogP contribution in [0.25, 0.3) is 0 Å². The summed E-state index contributed by atoms with van der Waals surface area (Å²) in [5.41, 5.74) is 0.763. The number of aliphatic hydroxyl groups excluding tert-OH is 1. The van der Waals surface area contributed by atoms with Gasteiger partial charge in [0.05, 0.1) is 6.61 Å². The number of likely N-dealkylation sites (tertiary alicyclic amines) is 1. The fourth-order valence-electron chi connectivity index (χ4n) is 3.00. The van der Waals surface area contributed by atoms with Crippen molar-refractivity contribution >= 4 is 17.6 Å². The van der Waals surface area contributed by atoms with Crippen molar-refractivity contribution < 1.29 is 14.6 Å². The van der Waals surface area contributed by atoms with Gasteiger partial charge in [0.15, 0.2) is 0 Å². The van der Waals surface area contributed by atoms with Crippen LogP contribution in [0.4, 0.5) is 4.79 Å². The van der Waals surface area contributed by atoms with Crippen LogP contribution in [-0.4, -0.2) is 49.5 Å². The van der Waals surface area contributed by atoms with Gasteiger partial charge in [-0.3, -0.25) is 0 Å². The zero-order valence-corrected chi connectivity index (χ0v) is 14.3. The monoisotopic (exact) mass is 340 g/mol. The van der Waals surface area contributed by atoms with E-state index in [1.807, 2.05) is 24.3 Å². The number of benzene rings is 1. The third-order valence-electron chi connectivity index (χ3n) is 4.48. The van der Waals surface area contributed by atoms with E-state index in [0.29, 0.717) is 24.7 Å². The predicted molar refractivity (Wildman–Crippen MR) is 90.5 cm³/mol. The number of rotatable bonds is 6. The molecule has 0 radical (unpaired) electrons. The summed E-state index contributed by atoms with van der Waals surface area (Å²) in [7, 11) is 1.66. The Kier molecular flexibility index (Phi) is 6.69. The van der Waals surface area contributed by atoms with Crippen molar-refractivity contribution in [2.24, 2.45) is 5.41 Å². The highest BCUT2D eigenvalue weighted by Crippen LogP contribution is 2.33. The molecule has 2 amide bonds. The Labute approximate surface area is 142 Å². The molecule has 1 aliphatic heterocycles. The molecule has 23 heavy (non-hydrogen) atoms. The molecule has 1 saturated heterocycles. The summed E-state index contributed by atoms with van der Waals surface area (Å²) >= 11 is 5.86. The maximum atomic E-state index is 12.4. The first kappa shape index (κ1) is 18.0. The van der Waals surface area contributed by atoms with Crippen LogP contribution in [0.1, 0.15) is 24.8 Å². The van der Waals surface area contributed by atoms with E-state index in [1.54, 1.807) is 12.0 Å². The maximum absolute atomic E-state index is 12.4. The van der Waals surface area contributed by atoms with Gasteiger partial charge in [-0.05, 0) is 37.0 Å². The average molecular weight is 341 g/mol. The number of urea groups is 1. The highest BCUT2D eigenvalue weighted by atomic mass is 35.5. The Balaban J connectivity index is 1.89. The van der Waals surface area contributed by atoms with E-state index in [-0.39, 0.29) is 18.1 Å². The highest BCUT2D eigenvalue weighted by Gasteiger charge is 2.36. The van der Waals surface area contributed by atoms with Crippen LogP contribution in [0, 0.1) is 5.41 Å². The first-order valence-electron chi connectivity index (χ1n) is 7.96. The number of hydrogen-bond donors (Lipinski definition) is 2. The van der Waals surface area contributed by atoms with E-state index in [9.17, 15) is 9.90 Å². The fraction of sp³-hybridized carbons (Fsp3) is 0.588. The molecule has 1 aromatic rings. The zero-order chi connectivity index (χ0) is 16.7. The van der Waals surface area contributed by atoms with Gasteiger partial charge in [-0.2, -0.15) is 0 Å². The molecule has 1 fully saturated rings. The summed E-state index contributed by atoms with van der Waals surface area (Å²) in [5, 5.41) is 13.4. The number of hydrogen-bond acceptors (Lipinski definition) is 3. The smallest absolute Gasteiger partial charge is 0.317 e. The summed E-state index contributed by atoms with van der Waals surface area (Å²) in [5.74, 6) is 0. The van der Waals surface area contributed by atoms with Crippen LogP contribution in [0.2, 0.25) is 5.02 Å². The Bertz CT molecular complexity index is 509. The predicted octanol–water partition coefficient (Wildman–Crippen LogP) is 2.66. The van der Waals surface area contributed by atoms with Gasteiger partial charge >= 0.3 is 6.03 Å². The van der Waals surface area contributed by atoms with Gasteiger partial charge in [-0.25, -0.2) is 4.79 Å². The number of nitrogens with one attached hydrogen (secondary N) is 1. The minimum Gasteiger partial charge on any atom is -0.396 e. The summed E-state index contributed by atoms with van der Waals surface area (Å²) < 4.78 is 5.14. The quantitative estimate of drug-likeness (QED) is 0.837. The number of ether oxygens (including phenoxy) is 1. The molecule has 0 aliphatic carbocycles. The third kappa shape index (κ3) is 5.09. The first-order valence-corrected chi connectivity index (χ1v) is 8.33. The Morgan fingerprint density at radius 3 is 2.83 bits per heavy atom. The number of piperidine rings is 1. The molecule has 0 unspecified atom stereocenters. The molecular formula is C17H25ClN2O3. The normalized spacial score (nSPS) is 21.3. The number of carbonyl (C=O) groups is 1. The molecule has 0 aromatic heterocycles. The molecule has 2 rings (SSSR count). The number of halogens is 1. The number of carbonyl (C=O) groups excluding carboxylic acids is 1. The van der Waals surface area contributed by atoms with Crippen molar-refractivity contribution in [3.63, 3.8) is 0 Å². The van der Waals surface area contributed by atoms with Crippen molar-refractivity contribution in [1.29, 1.82) is 0 Å². The third-order valence-corrected chi connectivity index (χ3v) is 4.73. The van der Waals surface area contributed by atoms with E-state index >= 15 is 0 Å². The summed E-state index contributed by atoms with van der Waals surface area (Å²) in [6.45, 7) is 2.44. The molecule has 0 spiro atoms. The summed E-state index contributed by atoms with van der Waals surface area (Å²) in [6.07, 6.45) is 2.59. The number of aliphatic hydroxyl groups is 1. The molecular weight excluding hydrogens is 316 g/mol. The van der Waals surface area contributed by atoms with E-state index < -0.39 is 0 Å². The topological polar surface area (TPSA) is 61.8 Å². The van der Waals surface area contributed by atoms with Gasteiger partial charge in [0, 0.05) is 43.8 Å². The van der Waals surface area contributed by atoms with E-state index in [0.717, 1.165) is 31.4 Å². The van der Waals surface area contributed by atoms with Crippen molar-refractivity contribution in [2.45, 2.75) is 25.8 Å².